The van der Waals surface area contributed by atoms with Gasteiger partial charge in [-0.05, 0) is 13.3 Å². The van der Waals surface area contributed by atoms with Crippen molar-refractivity contribution >= 4 is 23.6 Å². The van der Waals surface area contributed by atoms with E-state index >= 15 is 0 Å². The molecular formula is C17H25ClN4O3. The van der Waals surface area contributed by atoms with Crippen LogP contribution < -0.4 is 0 Å². The number of carbonyl (C=O) groups is 2. The Morgan fingerprint density at radius 3 is 2.68 bits per heavy atom. The minimum Gasteiger partial charge on any atom is -0.441 e. The Morgan fingerprint density at radius 2 is 2.12 bits per heavy atom. The molecule has 2 fully saturated rings. The number of aryl methyl sites for hydroxylation is 1. The van der Waals surface area contributed by atoms with Crippen LogP contribution in [0.25, 0.3) is 0 Å². The topological polar surface area (TPSA) is 67.7 Å². The van der Waals surface area contributed by atoms with Gasteiger partial charge in [-0.2, -0.15) is 5.10 Å². The zero-order valence-electron chi connectivity index (χ0n) is 15.0. The van der Waals surface area contributed by atoms with Crippen molar-refractivity contribution < 1.29 is 14.3 Å². The van der Waals surface area contributed by atoms with Crippen molar-refractivity contribution in [2.45, 2.75) is 51.2 Å². The first-order chi connectivity index (χ1) is 11.8. The molecule has 2 aliphatic rings. The molecule has 3 heterocycles. The Hall–Kier alpha value is -1.76. The van der Waals surface area contributed by atoms with Gasteiger partial charge in [0.25, 0.3) is 5.91 Å². The second-order valence-corrected chi connectivity index (χ2v) is 7.52. The first kappa shape index (κ1) is 18.0. The van der Waals surface area contributed by atoms with Gasteiger partial charge in [0.15, 0.2) is 5.69 Å². The van der Waals surface area contributed by atoms with E-state index in [1.165, 1.54) is 4.68 Å². The monoisotopic (exact) mass is 368 g/mol. The number of rotatable bonds is 4. The molecule has 2 saturated heterocycles. The van der Waals surface area contributed by atoms with E-state index in [1.807, 2.05) is 4.90 Å². The number of nitrogens with zero attached hydrogens (tertiary/aromatic N) is 4. The summed E-state index contributed by atoms with van der Waals surface area (Å²) in [6.07, 6.45) is 4.67. The van der Waals surface area contributed by atoms with Crippen molar-refractivity contribution in [2.75, 3.05) is 19.6 Å². The van der Waals surface area contributed by atoms with Crippen LogP contribution in [0.15, 0.2) is 6.20 Å². The molecule has 1 spiro atoms. The summed E-state index contributed by atoms with van der Waals surface area (Å²) in [5.41, 5.74) is -0.189. The van der Waals surface area contributed by atoms with Gasteiger partial charge < -0.3 is 14.5 Å². The lowest BCUT2D eigenvalue weighted by Gasteiger charge is -2.37. The molecule has 8 heteroatoms. The van der Waals surface area contributed by atoms with E-state index in [4.69, 9.17) is 16.3 Å². The minimum absolute atomic E-state index is 0.166. The molecule has 0 bridgehead atoms. The fourth-order valence-corrected chi connectivity index (χ4v) is 3.95. The fraction of sp³-hybridized carbons (Fsp3) is 0.706. The molecule has 1 aromatic rings. The molecule has 2 amide bonds. The van der Waals surface area contributed by atoms with Crippen LogP contribution in [-0.4, -0.2) is 62.9 Å². The normalized spacial score (nSPS) is 20.9. The van der Waals surface area contributed by atoms with Crippen LogP contribution in [0.3, 0.4) is 0 Å². The molecule has 0 aliphatic carbocycles. The molecule has 1 atom stereocenters. The summed E-state index contributed by atoms with van der Waals surface area (Å²) in [5.74, 6) is -0.166. The molecule has 138 valence electrons. The highest BCUT2D eigenvalue weighted by molar-refractivity contribution is 6.33. The van der Waals surface area contributed by atoms with Gasteiger partial charge in [0, 0.05) is 45.2 Å². The number of likely N-dealkylation sites (tertiary alicyclic amines) is 1. The van der Waals surface area contributed by atoms with Crippen molar-refractivity contribution in [1.29, 1.82) is 0 Å². The van der Waals surface area contributed by atoms with Crippen LogP contribution >= 0.6 is 11.6 Å². The van der Waals surface area contributed by atoms with Crippen molar-refractivity contribution in [2.24, 2.45) is 7.05 Å². The third-order valence-electron chi connectivity index (χ3n) is 5.18. The third kappa shape index (κ3) is 3.47. The maximum atomic E-state index is 12.6. The number of ether oxygens (including phenoxy) is 1. The average molecular weight is 369 g/mol. The Bertz CT molecular complexity index is 667. The standard InChI is InChI=1S/C17H25ClN4O3/c1-4-5-12(2)22-11-17(25-16(22)24)6-8-21(9-7-17)15(23)14-13(18)10-20(3)19-14/h10,12H,4-9,11H2,1-3H3. The summed E-state index contributed by atoms with van der Waals surface area (Å²) in [4.78, 5) is 28.4. The Balaban J connectivity index is 1.63. The first-order valence-electron chi connectivity index (χ1n) is 8.83. The lowest BCUT2D eigenvalue weighted by Crippen LogP contribution is -2.49. The van der Waals surface area contributed by atoms with Crippen LogP contribution in [-0.2, 0) is 11.8 Å². The summed E-state index contributed by atoms with van der Waals surface area (Å²) in [6.45, 7) is 5.86. The molecule has 7 nitrogen and oxygen atoms in total. The molecule has 1 aromatic heterocycles. The highest BCUT2D eigenvalue weighted by Crippen LogP contribution is 2.35. The van der Waals surface area contributed by atoms with E-state index in [9.17, 15) is 9.59 Å². The predicted molar refractivity (Wildman–Crippen MR) is 93.6 cm³/mol. The van der Waals surface area contributed by atoms with Gasteiger partial charge in [0.2, 0.25) is 0 Å². The Labute approximate surface area is 152 Å². The van der Waals surface area contributed by atoms with Crippen LogP contribution in [0.2, 0.25) is 5.02 Å². The second kappa shape index (κ2) is 6.86. The fourth-order valence-electron chi connectivity index (χ4n) is 3.69. The quantitative estimate of drug-likeness (QED) is 0.819. The number of hydrogen-bond acceptors (Lipinski definition) is 4. The summed E-state index contributed by atoms with van der Waals surface area (Å²) in [6, 6.07) is 0.184. The molecule has 0 saturated carbocycles. The largest absolute Gasteiger partial charge is 0.441 e. The van der Waals surface area contributed by atoms with Crippen molar-refractivity contribution in [3.8, 4) is 0 Å². The van der Waals surface area contributed by atoms with Gasteiger partial charge in [-0.3, -0.25) is 9.48 Å². The third-order valence-corrected chi connectivity index (χ3v) is 5.46. The maximum Gasteiger partial charge on any atom is 0.410 e. The van der Waals surface area contributed by atoms with Crippen LogP contribution in [0.1, 0.15) is 50.0 Å². The van der Waals surface area contributed by atoms with Gasteiger partial charge in [-0.15, -0.1) is 0 Å². The van der Waals surface area contributed by atoms with Crippen LogP contribution in [0.4, 0.5) is 4.79 Å². The van der Waals surface area contributed by atoms with Crippen LogP contribution in [0.5, 0.6) is 0 Å². The first-order valence-corrected chi connectivity index (χ1v) is 9.21. The van der Waals surface area contributed by atoms with E-state index in [2.05, 4.69) is 18.9 Å². The summed E-state index contributed by atoms with van der Waals surface area (Å²) < 4.78 is 7.27. The lowest BCUT2D eigenvalue weighted by molar-refractivity contribution is 0.00288. The number of aromatic nitrogens is 2. The van der Waals surface area contributed by atoms with Gasteiger partial charge >= 0.3 is 6.09 Å². The second-order valence-electron chi connectivity index (χ2n) is 7.11. The maximum absolute atomic E-state index is 12.6. The molecule has 25 heavy (non-hydrogen) atoms. The highest BCUT2D eigenvalue weighted by Gasteiger charge is 2.48. The molecular weight excluding hydrogens is 344 g/mol. The van der Waals surface area contributed by atoms with E-state index in [0.29, 0.717) is 37.5 Å². The molecule has 0 aromatic carbocycles. The zero-order chi connectivity index (χ0) is 18.2. The Morgan fingerprint density at radius 1 is 1.44 bits per heavy atom. The molecule has 3 rings (SSSR count). The summed E-state index contributed by atoms with van der Waals surface area (Å²) in [7, 11) is 1.73. The molecule has 0 radical (unpaired) electrons. The average Bonchev–Trinajstić information content (AvgIpc) is 3.07. The van der Waals surface area contributed by atoms with E-state index in [1.54, 1.807) is 18.1 Å². The number of hydrogen-bond donors (Lipinski definition) is 0. The van der Waals surface area contributed by atoms with Gasteiger partial charge in [0.05, 0.1) is 11.6 Å². The SMILES string of the molecule is CCCC(C)N1CC2(CCN(C(=O)c3nn(C)cc3Cl)CC2)OC1=O. The summed E-state index contributed by atoms with van der Waals surface area (Å²) >= 11 is 6.08. The lowest BCUT2D eigenvalue weighted by atomic mass is 9.90. The van der Waals surface area contributed by atoms with Gasteiger partial charge in [-0.25, -0.2) is 4.79 Å². The Kier molecular flexibility index (Phi) is 4.95. The van der Waals surface area contributed by atoms with Crippen molar-refractivity contribution in [1.82, 2.24) is 19.6 Å². The zero-order valence-corrected chi connectivity index (χ0v) is 15.8. The van der Waals surface area contributed by atoms with Crippen molar-refractivity contribution in [3.63, 3.8) is 0 Å². The van der Waals surface area contributed by atoms with E-state index in [0.717, 1.165) is 12.8 Å². The molecule has 1 unspecified atom stereocenters. The molecule has 0 N–H and O–H groups in total. The summed E-state index contributed by atoms with van der Waals surface area (Å²) in [5, 5.41) is 4.50. The van der Waals surface area contributed by atoms with Crippen LogP contribution in [0, 0.1) is 0 Å². The van der Waals surface area contributed by atoms with Crippen molar-refractivity contribution in [3.05, 3.63) is 16.9 Å². The smallest absolute Gasteiger partial charge is 0.410 e. The minimum atomic E-state index is -0.468. The highest BCUT2D eigenvalue weighted by atomic mass is 35.5. The van der Waals surface area contributed by atoms with E-state index < -0.39 is 5.60 Å². The number of amides is 2. The van der Waals surface area contributed by atoms with Gasteiger partial charge in [0.1, 0.15) is 5.60 Å². The number of halogens is 1. The molecule has 2 aliphatic heterocycles. The number of carbonyl (C=O) groups excluding carboxylic acids is 2. The van der Waals surface area contributed by atoms with Gasteiger partial charge in [-0.1, -0.05) is 24.9 Å². The number of piperidine rings is 1. The van der Waals surface area contributed by atoms with E-state index in [-0.39, 0.29) is 23.7 Å². The predicted octanol–water partition coefficient (Wildman–Crippen LogP) is 2.69.